The summed E-state index contributed by atoms with van der Waals surface area (Å²) in [6.07, 6.45) is 2.19. The highest BCUT2D eigenvalue weighted by molar-refractivity contribution is 7.80. The van der Waals surface area contributed by atoms with Crippen LogP contribution in [0.3, 0.4) is 0 Å². The molecule has 2 N–H and O–H groups in total. The van der Waals surface area contributed by atoms with E-state index in [1.807, 2.05) is 49.5 Å². The minimum absolute atomic E-state index is 0.0731. The van der Waals surface area contributed by atoms with Crippen LogP contribution in [0.15, 0.2) is 72.9 Å². The molecule has 1 aliphatic heterocycles. The summed E-state index contributed by atoms with van der Waals surface area (Å²) in [6, 6.07) is 22.2. The number of methoxy groups -OCH3 is 1. The molecule has 0 saturated carbocycles. The summed E-state index contributed by atoms with van der Waals surface area (Å²) in [6.45, 7) is 8.20. The Hall–Kier alpha value is -4.17. The largest absolute Gasteiger partial charge is 0.494 e. The van der Waals surface area contributed by atoms with Gasteiger partial charge >= 0.3 is 0 Å². The van der Waals surface area contributed by atoms with Crippen molar-refractivity contribution in [2.24, 2.45) is 0 Å². The molecule has 1 saturated heterocycles. The Morgan fingerprint density at radius 2 is 1.79 bits per heavy atom. The molecule has 0 aliphatic carbocycles. The van der Waals surface area contributed by atoms with Crippen LogP contribution < -0.4 is 20.3 Å². The van der Waals surface area contributed by atoms with Crippen LogP contribution in [0.4, 0.5) is 11.4 Å². The van der Waals surface area contributed by atoms with E-state index in [-0.39, 0.29) is 18.0 Å². The Kier molecular flexibility index (Phi) is 7.39. The summed E-state index contributed by atoms with van der Waals surface area (Å²) in [5.74, 6) is 0.498. The summed E-state index contributed by atoms with van der Waals surface area (Å²) in [4.78, 5) is 18.9. The number of anilines is 2. The Morgan fingerprint density at radius 3 is 2.46 bits per heavy atom. The highest BCUT2D eigenvalue weighted by atomic mass is 32.1. The van der Waals surface area contributed by atoms with Gasteiger partial charge in [0.2, 0.25) is 5.91 Å². The van der Waals surface area contributed by atoms with Crippen molar-refractivity contribution in [1.82, 2.24) is 14.9 Å². The molecule has 2 unspecified atom stereocenters. The van der Waals surface area contributed by atoms with Crippen LogP contribution in [-0.4, -0.2) is 27.7 Å². The maximum atomic E-state index is 12.1. The van der Waals surface area contributed by atoms with Crippen LogP contribution in [-0.2, 0) is 4.79 Å². The van der Waals surface area contributed by atoms with Crippen molar-refractivity contribution in [2.45, 2.75) is 46.2 Å². The zero-order chi connectivity index (χ0) is 27.7. The maximum absolute atomic E-state index is 12.1. The third-order valence-corrected chi connectivity index (χ3v) is 7.55. The van der Waals surface area contributed by atoms with Gasteiger partial charge < -0.3 is 24.8 Å². The number of rotatable bonds is 7. The third kappa shape index (κ3) is 5.00. The number of pyridine rings is 1. The van der Waals surface area contributed by atoms with Crippen molar-refractivity contribution < 1.29 is 9.53 Å². The molecule has 0 spiro atoms. The zero-order valence-electron chi connectivity index (χ0n) is 22.9. The molecule has 1 aliphatic rings. The van der Waals surface area contributed by atoms with E-state index in [9.17, 15) is 4.79 Å². The monoisotopic (exact) mass is 539 g/mol. The molecule has 1 amide bonds. The number of nitrogens with zero attached hydrogens (tertiary/aromatic N) is 3. The molecule has 0 bridgehead atoms. The Labute approximate surface area is 234 Å². The van der Waals surface area contributed by atoms with Crippen molar-refractivity contribution in [2.75, 3.05) is 17.3 Å². The minimum Gasteiger partial charge on any atom is -0.494 e. The van der Waals surface area contributed by atoms with Gasteiger partial charge in [-0.3, -0.25) is 9.78 Å². The lowest BCUT2D eigenvalue weighted by molar-refractivity contribution is -0.115. The second kappa shape index (κ2) is 10.9. The number of benzene rings is 2. The lowest BCUT2D eigenvalue weighted by Crippen LogP contribution is -2.29. The first-order valence-electron chi connectivity index (χ1n) is 13.1. The van der Waals surface area contributed by atoms with Crippen LogP contribution in [0, 0.1) is 20.8 Å². The summed E-state index contributed by atoms with van der Waals surface area (Å²) in [5.41, 5.74) is 8.17. The number of amides is 1. The highest BCUT2D eigenvalue weighted by Crippen LogP contribution is 2.45. The van der Waals surface area contributed by atoms with E-state index in [0.717, 1.165) is 34.0 Å². The number of carbonyl (C=O) groups excluding carboxylic acids is 1. The second-order valence-corrected chi connectivity index (χ2v) is 10.2. The van der Waals surface area contributed by atoms with Crippen molar-refractivity contribution >= 4 is 34.6 Å². The van der Waals surface area contributed by atoms with Crippen molar-refractivity contribution in [3.63, 3.8) is 0 Å². The smallest absolute Gasteiger partial charge is 0.224 e. The molecule has 1 fully saturated rings. The van der Waals surface area contributed by atoms with Crippen LogP contribution >= 0.6 is 12.2 Å². The number of thiocarbonyl (C=S) groups is 1. The average Bonchev–Trinajstić information content (AvgIpc) is 3.44. The van der Waals surface area contributed by atoms with Crippen LogP contribution in [0.5, 0.6) is 5.75 Å². The van der Waals surface area contributed by atoms with Gasteiger partial charge in [0.15, 0.2) is 5.11 Å². The minimum atomic E-state index is -0.170. The number of nitrogens with one attached hydrogen (secondary N) is 2. The van der Waals surface area contributed by atoms with Crippen LogP contribution in [0.25, 0.3) is 5.69 Å². The van der Waals surface area contributed by atoms with Gasteiger partial charge in [-0.1, -0.05) is 30.7 Å². The van der Waals surface area contributed by atoms with E-state index in [1.54, 1.807) is 7.11 Å². The lowest BCUT2D eigenvalue weighted by Gasteiger charge is -2.29. The predicted octanol–water partition coefficient (Wildman–Crippen LogP) is 6.33. The van der Waals surface area contributed by atoms with Gasteiger partial charge in [0.05, 0.1) is 30.6 Å². The molecular formula is C31H33N5O2S. The normalized spacial score (nSPS) is 16.7. The molecule has 39 heavy (non-hydrogen) atoms. The first-order chi connectivity index (χ1) is 18.8. The number of aryl methyl sites for hydroxylation is 2. The van der Waals surface area contributed by atoms with Gasteiger partial charge in [0.25, 0.3) is 0 Å². The lowest BCUT2D eigenvalue weighted by atomic mass is 9.96. The van der Waals surface area contributed by atoms with E-state index in [2.05, 4.69) is 76.2 Å². The zero-order valence-corrected chi connectivity index (χ0v) is 23.7. The fraction of sp³-hybridized carbons (Fsp3) is 0.258. The predicted molar refractivity (Wildman–Crippen MR) is 160 cm³/mol. The van der Waals surface area contributed by atoms with Crippen molar-refractivity contribution in [3.05, 3.63) is 101 Å². The molecule has 7 nitrogen and oxygen atoms in total. The molecule has 200 valence electrons. The van der Waals surface area contributed by atoms with Crippen molar-refractivity contribution in [1.29, 1.82) is 0 Å². The molecule has 3 heterocycles. The Balaban J connectivity index is 1.64. The highest BCUT2D eigenvalue weighted by Gasteiger charge is 2.42. The number of hydrogen-bond acceptors (Lipinski definition) is 4. The van der Waals surface area contributed by atoms with Gasteiger partial charge in [-0.05, 0) is 81.0 Å². The van der Waals surface area contributed by atoms with Gasteiger partial charge in [0, 0.05) is 41.4 Å². The Morgan fingerprint density at radius 1 is 1.05 bits per heavy atom. The summed E-state index contributed by atoms with van der Waals surface area (Å²) in [5, 5.41) is 7.05. The van der Waals surface area contributed by atoms with E-state index in [0.29, 0.717) is 23.0 Å². The number of hydrogen-bond donors (Lipinski definition) is 2. The Bertz CT molecular complexity index is 1510. The SMILES string of the molecule is CCC(=O)Nc1ccc(N2C(=S)NC(c3ccccn3)C2c2cc(C)n(-c3ccc(C)cc3)c2C)cc1OC. The average molecular weight is 540 g/mol. The number of ether oxygens (including phenoxy) is 1. The van der Waals surface area contributed by atoms with Crippen molar-refractivity contribution in [3.8, 4) is 11.4 Å². The first-order valence-corrected chi connectivity index (χ1v) is 13.5. The van der Waals surface area contributed by atoms with E-state index in [4.69, 9.17) is 17.0 Å². The fourth-order valence-corrected chi connectivity index (χ4v) is 5.64. The first kappa shape index (κ1) is 26.4. The van der Waals surface area contributed by atoms with E-state index >= 15 is 0 Å². The summed E-state index contributed by atoms with van der Waals surface area (Å²) < 4.78 is 7.96. The van der Waals surface area contributed by atoms with Gasteiger partial charge in [-0.2, -0.15) is 0 Å². The summed E-state index contributed by atoms with van der Waals surface area (Å²) in [7, 11) is 1.60. The van der Waals surface area contributed by atoms with Gasteiger partial charge in [-0.15, -0.1) is 0 Å². The number of aromatic nitrogens is 2. The quantitative estimate of drug-likeness (QED) is 0.267. The molecule has 2 atom stereocenters. The molecule has 8 heteroatoms. The van der Waals surface area contributed by atoms with Gasteiger partial charge in [-0.25, -0.2) is 0 Å². The molecule has 0 radical (unpaired) electrons. The standard InChI is InChI=1S/C31H33N5O2S/c1-6-28(37)33-25-15-14-23(18-27(25)38-5)36-30(29(34-31(36)39)26-9-7-8-16-32-26)24-17-20(3)35(21(24)4)22-12-10-19(2)11-13-22/h7-18,29-30H,6H2,1-5H3,(H,33,37)(H,34,39). The third-order valence-electron chi connectivity index (χ3n) is 7.24. The molecule has 4 aromatic rings. The topological polar surface area (TPSA) is 71.4 Å². The molecule has 2 aromatic heterocycles. The van der Waals surface area contributed by atoms with Gasteiger partial charge in [0.1, 0.15) is 5.75 Å². The summed E-state index contributed by atoms with van der Waals surface area (Å²) >= 11 is 5.94. The van der Waals surface area contributed by atoms with E-state index < -0.39 is 0 Å². The molecular weight excluding hydrogens is 506 g/mol. The maximum Gasteiger partial charge on any atom is 0.224 e. The molecule has 2 aromatic carbocycles. The van der Waals surface area contributed by atoms with Crippen LogP contribution in [0.2, 0.25) is 0 Å². The molecule has 5 rings (SSSR count). The van der Waals surface area contributed by atoms with E-state index in [1.165, 1.54) is 5.56 Å². The second-order valence-electron chi connectivity index (χ2n) is 9.78. The number of carbonyl (C=O) groups is 1. The fourth-order valence-electron chi connectivity index (χ4n) is 5.30. The van der Waals surface area contributed by atoms with Crippen LogP contribution in [0.1, 0.15) is 53.6 Å².